The van der Waals surface area contributed by atoms with Crippen molar-refractivity contribution in [2.45, 2.75) is 6.92 Å². The molecule has 0 saturated carbocycles. The van der Waals surface area contributed by atoms with Gasteiger partial charge in [-0.05, 0) is 48.9 Å². The second-order valence-electron chi connectivity index (χ2n) is 4.19. The molecule has 2 aromatic rings. The van der Waals surface area contributed by atoms with Crippen LogP contribution in [0.4, 0.5) is 4.39 Å². The number of ketones is 1. The molecule has 98 valence electrons. The van der Waals surface area contributed by atoms with E-state index in [1.807, 2.05) is 0 Å². The molecule has 2 rings (SSSR count). The third kappa shape index (κ3) is 2.93. The van der Waals surface area contributed by atoms with E-state index in [0.29, 0.717) is 16.9 Å². The van der Waals surface area contributed by atoms with Crippen molar-refractivity contribution < 1.29 is 13.9 Å². The molecule has 0 N–H and O–H groups in total. The fraction of sp³-hybridized carbons (Fsp3) is 0.133. The first-order valence-corrected chi connectivity index (χ1v) is 6.04. The molecular weight excluding hydrogens is 267 g/mol. The normalized spacial score (nSPS) is 10.3. The molecule has 0 atom stereocenters. The number of ether oxygens (including phenoxy) is 1. The van der Waals surface area contributed by atoms with Crippen molar-refractivity contribution in [1.82, 2.24) is 0 Å². The van der Waals surface area contributed by atoms with E-state index in [2.05, 4.69) is 0 Å². The Kier molecular flexibility index (Phi) is 3.86. The first-order valence-electron chi connectivity index (χ1n) is 5.66. The van der Waals surface area contributed by atoms with Crippen molar-refractivity contribution in [2.75, 3.05) is 7.11 Å². The van der Waals surface area contributed by atoms with Gasteiger partial charge in [-0.2, -0.15) is 0 Å². The Balaban J connectivity index is 2.44. The molecule has 0 amide bonds. The first-order chi connectivity index (χ1) is 9.01. The molecule has 0 aliphatic heterocycles. The minimum absolute atomic E-state index is 0.282. The lowest BCUT2D eigenvalue weighted by atomic mass is 10.0. The summed E-state index contributed by atoms with van der Waals surface area (Å²) in [5, 5.41) is 0.284. The Morgan fingerprint density at radius 2 is 1.95 bits per heavy atom. The van der Waals surface area contributed by atoms with Crippen LogP contribution in [0.1, 0.15) is 21.5 Å². The van der Waals surface area contributed by atoms with Gasteiger partial charge in [0.15, 0.2) is 5.78 Å². The van der Waals surface area contributed by atoms with Crippen LogP contribution in [-0.4, -0.2) is 12.9 Å². The number of benzene rings is 2. The van der Waals surface area contributed by atoms with Crippen LogP contribution in [0.3, 0.4) is 0 Å². The second kappa shape index (κ2) is 5.41. The summed E-state index contributed by atoms with van der Waals surface area (Å²) in [5.74, 6) is -0.180. The summed E-state index contributed by atoms with van der Waals surface area (Å²) in [6.07, 6.45) is 0. The van der Waals surface area contributed by atoms with E-state index in [4.69, 9.17) is 16.3 Å². The Morgan fingerprint density at radius 1 is 1.21 bits per heavy atom. The summed E-state index contributed by atoms with van der Waals surface area (Å²) in [6.45, 7) is 1.73. The summed E-state index contributed by atoms with van der Waals surface area (Å²) < 4.78 is 18.3. The molecule has 0 aromatic heterocycles. The van der Waals surface area contributed by atoms with Gasteiger partial charge in [-0.1, -0.05) is 11.6 Å². The minimum Gasteiger partial charge on any atom is -0.497 e. The second-order valence-corrected chi connectivity index (χ2v) is 4.60. The van der Waals surface area contributed by atoms with Crippen molar-refractivity contribution >= 4 is 17.4 Å². The number of carbonyl (C=O) groups is 1. The van der Waals surface area contributed by atoms with E-state index < -0.39 is 5.82 Å². The van der Waals surface area contributed by atoms with Crippen LogP contribution >= 0.6 is 11.6 Å². The van der Waals surface area contributed by atoms with Crippen LogP contribution in [-0.2, 0) is 0 Å². The molecule has 0 bridgehead atoms. The smallest absolute Gasteiger partial charge is 0.194 e. The van der Waals surface area contributed by atoms with Gasteiger partial charge in [0.25, 0.3) is 0 Å². The van der Waals surface area contributed by atoms with Crippen LogP contribution in [0, 0.1) is 12.7 Å². The topological polar surface area (TPSA) is 26.3 Å². The highest BCUT2D eigenvalue weighted by atomic mass is 35.5. The fourth-order valence-corrected chi connectivity index (χ4v) is 2.09. The van der Waals surface area contributed by atoms with Gasteiger partial charge in [-0.3, -0.25) is 4.79 Å². The molecule has 19 heavy (non-hydrogen) atoms. The Morgan fingerprint density at radius 3 is 2.53 bits per heavy atom. The van der Waals surface area contributed by atoms with Gasteiger partial charge < -0.3 is 4.74 Å². The number of methoxy groups -OCH3 is 1. The predicted octanol–water partition coefficient (Wildman–Crippen LogP) is 4.03. The number of halogens is 2. The lowest BCUT2D eigenvalue weighted by molar-refractivity contribution is 0.103. The third-order valence-electron chi connectivity index (χ3n) is 2.73. The summed E-state index contributed by atoms with van der Waals surface area (Å²) in [7, 11) is 1.52. The number of aryl methyl sites for hydroxylation is 1. The predicted molar refractivity (Wildman–Crippen MR) is 72.6 cm³/mol. The largest absolute Gasteiger partial charge is 0.497 e. The van der Waals surface area contributed by atoms with Crippen molar-refractivity contribution in [2.24, 2.45) is 0 Å². The van der Waals surface area contributed by atoms with E-state index in [0.717, 1.165) is 0 Å². The molecule has 2 aromatic carbocycles. The van der Waals surface area contributed by atoms with Crippen molar-refractivity contribution in [1.29, 1.82) is 0 Å². The van der Waals surface area contributed by atoms with E-state index in [-0.39, 0.29) is 16.4 Å². The molecule has 2 nitrogen and oxygen atoms in total. The maximum absolute atomic E-state index is 13.3. The van der Waals surface area contributed by atoms with Crippen LogP contribution < -0.4 is 4.74 Å². The van der Waals surface area contributed by atoms with Gasteiger partial charge in [0.05, 0.1) is 12.1 Å². The van der Waals surface area contributed by atoms with Gasteiger partial charge in [0.1, 0.15) is 11.6 Å². The van der Waals surface area contributed by atoms with Crippen LogP contribution in [0.2, 0.25) is 5.02 Å². The zero-order chi connectivity index (χ0) is 14.0. The van der Waals surface area contributed by atoms with Gasteiger partial charge in [-0.25, -0.2) is 4.39 Å². The average molecular weight is 279 g/mol. The lowest BCUT2D eigenvalue weighted by Gasteiger charge is -2.07. The molecule has 4 heteroatoms. The zero-order valence-electron chi connectivity index (χ0n) is 10.5. The van der Waals surface area contributed by atoms with E-state index in [1.54, 1.807) is 31.2 Å². The minimum atomic E-state index is -0.437. The average Bonchev–Trinajstić information content (AvgIpc) is 2.36. The molecule has 0 unspecified atom stereocenters. The summed E-state index contributed by atoms with van der Waals surface area (Å²) in [5.41, 5.74) is 1.30. The van der Waals surface area contributed by atoms with Gasteiger partial charge in [0.2, 0.25) is 0 Å². The van der Waals surface area contributed by atoms with Crippen LogP contribution in [0.25, 0.3) is 0 Å². The van der Waals surface area contributed by atoms with E-state index >= 15 is 0 Å². The SMILES string of the molecule is COc1ccc(C(=O)c2cc(C)cc(F)c2)c(Cl)c1. The van der Waals surface area contributed by atoms with Crippen molar-refractivity contribution in [3.63, 3.8) is 0 Å². The summed E-state index contributed by atoms with van der Waals surface area (Å²) in [6, 6.07) is 8.98. The number of hydrogen-bond acceptors (Lipinski definition) is 2. The standard InChI is InChI=1S/C15H12ClFO2/c1-9-5-10(7-11(17)6-9)15(18)13-4-3-12(19-2)8-14(13)16/h3-8H,1-2H3. The first kappa shape index (κ1) is 13.6. The maximum atomic E-state index is 13.3. The molecule has 0 heterocycles. The van der Waals surface area contributed by atoms with Gasteiger partial charge in [-0.15, -0.1) is 0 Å². The molecule has 0 aliphatic rings. The lowest BCUT2D eigenvalue weighted by Crippen LogP contribution is -2.03. The van der Waals surface area contributed by atoms with Crippen LogP contribution in [0.15, 0.2) is 36.4 Å². The molecule has 0 saturated heterocycles. The van der Waals surface area contributed by atoms with Gasteiger partial charge >= 0.3 is 0 Å². The molecule has 0 aliphatic carbocycles. The Labute approximate surface area is 115 Å². The molecular formula is C15H12ClFO2. The quantitative estimate of drug-likeness (QED) is 0.793. The van der Waals surface area contributed by atoms with Crippen molar-refractivity contribution in [3.8, 4) is 5.75 Å². The monoisotopic (exact) mass is 278 g/mol. The number of rotatable bonds is 3. The fourth-order valence-electron chi connectivity index (χ4n) is 1.83. The number of hydrogen-bond donors (Lipinski definition) is 0. The third-order valence-corrected chi connectivity index (χ3v) is 3.04. The molecule has 0 fully saturated rings. The summed E-state index contributed by atoms with van der Waals surface area (Å²) in [4.78, 5) is 12.3. The van der Waals surface area contributed by atoms with E-state index in [9.17, 15) is 9.18 Å². The van der Waals surface area contributed by atoms with Crippen LogP contribution in [0.5, 0.6) is 5.75 Å². The maximum Gasteiger partial charge on any atom is 0.194 e. The zero-order valence-corrected chi connectivity index (χ0v) is 11.3. The molecule has 0 spiro atoms. The number of carbonyl (C=O) groups excluding carboxylic acids is 1. The highest BCUT2D eigenvalue weighted by molar-refractivity contribution is 6.35. The Hall–Kier alpha value is -1.87. The van der Waals surface area contributed by atoms with Crippen molar-refractivity contribution in [3.05, 3.63) is 63.9 Å². The highest BCUT2D eigenvalue weighted by Gasteiger charge is 2.14. The molecule has 0 radical (unpaired) electrons. The van der Waals surface area contributed by atoms with E-state index in [1.165, 1.54) is 19.2 Å². The van der Waals surface area contributed by atoms with Gasteiger partial charge in [0, 0.05) is 11.1 Å². The summed E-state index contributed by atoms with van der Waals surface area (Å²) >= 11 is 6.04. The highest BCUT2D eigenvalue weighted by Crippen LogP contribution is 2.25. The Bertz CT molecular complexity index is 618.